The first-order valence-electron chi connectivity index (χ1n) is 11.8. The largest absolute Gasteiger partial charge is 0.487 e. The number of halogens is 1. The molecule has 4 rings (SSSR count). The van der Waals surface area contributed by atoms with E-state index in [-0.39, 0.29) is 45.5 Å². The highest BCUT2D eigenvalue weighted by Crippen LogP contribution is 2.55. The van der Waals surface area contributed by atoms with Crippen LogP contribution in [-0.4, -0.2) is 47.4 Å². The molecule has 2 aromatic rings. The molecule has 1 amide bonds. The Balaban J connectivity index is 1.41. The molecule has 2 aromatic heterocycles. The Morgan fingerprint density at radius 1 is 1.20 bits per heavy atom. The number of nitrogens with zero attached hydrogens (tertiary/aromatic N) is 4. The topological polar surface area (TPSA) is 108 Å². The summed E-state index contributed by atoms with van der Waals surface area (Å²) in [5.74, 6) is 1.25. The summed E-state index contributed by atoms with van der Waals surface area (Å²) in [7, 11) is 0. The van der Waals surface area contributed by atoms with Crippen LogP contribution in [0.2, 0.25) is 5.02 Å². The molecule has 0 radical (unpaired) electrons. The molecule has 8 nitrogen and oxygen atoms in total. The fourth-order valence-corrected chi connectivity index (χ4v) is 5.89. The molecule has 35 heavy (non-hydrogen) atoms. The van der Waals surface area contributed by atoms with Gasteiger partial charge in [-0.1, -0.05) is 39.3 Å². The molecule has 9 heteroatoms. The summed E-state index contributed by atoms with van der Waals surface area (Å²) in [6.07, 6.45) is 5.58. The van der Waals surface area contributed by atoms with Crippen LogP contribution in [0.1, 0.15) is 56.6 Å². The van der Waals surface area contributed by atoms with Crippen LogP contribution >= 0.6 is 11.6 Å². The van der Waals surface area contributed by atoms with Crippen molar-refractivity contribution in [2.24, 2.45) is 16.7 Å². The van der Waals surface area contributed by atoms with Crippen LogP contribution in [0, 0.1) is 28.1 Å². The quantitative estimate of drug-likeness (QED) is 0.602. The van der Waals surface area contributed by atoms with E-state index in [4.69, 9.17) is 21.6 Å². The van der Waals surface area contributed by atoms with Crippen LogP contribution in [0.3, 0.4) is 0 Å². The van der Waals surface area contributed by atoms with Gasteiger partial charge in [0.25, 0.3) is 5.91 Å². The van der Waals surface area contributed by atoms with Gasteiger partial charge in [0.15, 0.2) is 5.69 Å². The molecule has 1 aliphatic carbocycles. The number of anilines is 1. The van der Waals surface area contributed by atoms with Gasteiger partial charge in [0, 0.05) is 48.1 Å². The molecule has 0 spiro atoms. The number of hydrogen-bond acceptors (Lipinski definition) is 7. The SMILES string of the molecule is CC1(C)C(NC(=O)c2ccc(N3CCC(C=O)CC3)nc2)C(C)(C)C1Oc1cnc(C#N)c(Cl)c1. The van der Waals surface area contributed by atoms with Gasteiger partial charge in [-0.25, -0.2) is 9.97 Å². The van der Waals surface area contributed by atoms with Crippen molar-refractivity contribution in [1.82, 2.24) is 15.3 Å². The summed E-state index contributed by atoms with van der Waals surface area (Å²) in [4.78, 5) is 34.7. The number of ether oxygens (including phenoxy) is 1. The van der Waals surface area contributed by atoms with Gasteiger partial charge in [0.2, 0.25) is 0 Å². The molecule has 0 aromatic carbocycles. The summed E-state index contributed by atoms with van der Waals surface area (Å²) in [5, 5.41) is 12.5. The zero-order chi connectivity index (χ0) is 25.4. The summed E-state index contributed by atoms with van der Waals surface area (Å²) in [6, 6.07) is 7.05. The Hall–Kier alpha value is -3.18. The highest BCUT2D eigenvalue weighted by Gasteiger charge is 2.64. The lowest BCUT2D eigenvalue weighted by atomic mass is 9.49. The van der Waals surface area contributed by atoms with Gasteiger partial charge >= 0.3 is 0 Å². The molecule has 184 valence electrons. The lowest BCUT2D eigenvalue weighted by molar-refractivity contribution is -0.164. The lowest BCUT2D eigenvalue weighted by Crippen LogP contribution is -2.74. The first kappa shape index (κ1) is 24.9. The molecule has 2 aliphatic rings. The van der Waals surface area contributed by atoms with Crippen molar-refractivity contribution >= 4 is 29.6 Å². The minimum absolute atomic E-state index is 0.128. The molecular formula is C26H30ClN5O3. The first-order valence-corrected chi connectivity index (χ1v) is 12.1. The number of aldehydes is 1. The van der Waals surface area contributed by atoms with Crippen molar-refractivity contribution in [2.45, 2.75) is 52.7 Å². The van der Waals surface area contributed by atoms with E-state index >= 15 is 0 Å². The van der Waals surface area contributed by atoms with Crippen LogP contribution in [0.25, 0.3) is 0 Å². The molecule has 1 aliphatic heterocycles. The zero-order valence-corrected chi connectivity index (χ0v) is 21.2. The van der Waals surface area contributed by atoms with Crippen molar-refractivity contribution in [3.63, 3.8) is 0 Å². The number of piperidine rings is 1. The molecule has 1 N–H and O–H groups in total. The maximum Gasteiger partial charge on any atom is 0.253 e. The van der Waals surface area contributed by atoms with Gasteiger partial charge in [-0.15, -0.1) is 0 Å². The van der Waals surface area contributed by atoms with Crippen molar-refractivity contribution in [3.05, 3.63) is 46.9 Å². The molecule has 0 unspecified atom stereocenters. The second-order valence-corrected chi connectivity index (χ2v) is 10.9. The molecule has 2 fully saturated rings. The van der Waals surface area contributed by atoms with E-state index in [0.29, 0.717) is 11.3 Å². The van der Waals surface area contributed by atoms with Crippen LogP contribution in [0.5, 0.6) is 5.75 Å². The maximum absolute atomic E-state index is 13.1. The summed E-state index contributed by atoms with van der Waals surface area (Å²) in [5.41, 5.74) is -0.0806. The van der Waals surface area contributed by atoms with E-state index in [1.807, 2.05) is 12.1 Å². The average molecular weight is 496 g/mol. The molecule has 3 heterocycles. The van der Waals surface area contributed by atoms with Gasteiger partial charge in [-0.05, 0) is 25.0 Å². The summed E-state index contributed by atoms with van der Waals surface area (Å²) >= 11 is 6.11. The van der Waals surface area contributed by atoms with Gasteiger partial charge < -0.3 is 19.7 Å². The van der Waals surface area contributed by atoms with Gasteiger partial charge in [-0.2, -0.15) is 5.26 Å². The third-order valence-electron chi connectivity index (χ3n) is 7.36. The second kappa shape index (κ2) is 9.46. The first-order chi connectivity index (χ1) is 16.6. The highest BCUT2D eigenvalue weighted by atomic mass is 35.5. The number of carbonyl (C=O) groups excluding carboxylic acids is 2. The molecule has 1 saturated carbocycles. The second-order valence-electron chi connectivity index (χ2n) is 10.5. The van der Waals surface area contributed by atoms with E-state index in [1.165, 1.54) is 6.20 Å². The normalized spacial score (nSPS) is 23.0. The number of nitrogens with one attached hydrogen (secondary N) is 1. The number of amides is 1. The van der Waals surface area contributed by atoms with Crippen molar-refractivity contribution < 1.29 is 14.3 Å². The van der Waals surface area contributed by atoms with Crippen LogP contribution in [0.15, 0.2) is 30.6 Å². The van der Waals surface area contributed by atoms with Crippen molar-refractivity contribution in [1.29, 1.82) is 5.26 Å². The zero-order valence-electron chi connectivity index (χ0n) is 20.4. The minimum Gasteiger partial charge on any atom is -0.487 e. The third kappa shape index (κ3) is 4.70. The maximum atomic E-state index is 13.1. The number of pyridine rings is 2. The monoisotopic (exact) mass is 495 g/mol. The Labute approximate surface area is 210 Å². The van der Waals surface area contributed by atoms with Gasteiger partial charge in [0.1, 0.15) is 30.0 Å². The van der Waals surface area contributed by atoms with Gasteiger partial charge in [0.05, 0.1) is 16.8 Å². The third-order valence-corrected chi connectivity index (χ3v) is 7.65. The molecule has 0 atom stereocenters. The smallest absolute Gasteiger partial charge is 0.253 e. The number of rotatable bonds is 6. The highest BCUT2D eigenvalue weighted by molar-refractivity contribution is 6.31. The van der Waals surface area contributed by atoms with E-state index in [9.17, 15) is 9.59 Å². The van der Waals surface area contributed by atoms with Crippen LogP contribution in [0.4, 0.5) is 5.82 Å². The summed E-state index contributed by atoms with van der Waals surface area (Å²) < 4.78 is 6.23. The predicted molar refractivity (Wildman–Crippen MR) is 132 cm³/mol. The van der Waals surface area contributed by atoms with Crippen molar-refractivity contribution in [3.8, 4) is 11.8 Å². The van der Waals surface area contributed by atoms with Crippen LogP contribution in [-0.2, 0) is 4.79 Å². The number of nitriles is 1. The lowest BCUT2D eigenvalue weighted by Gasteiger charge is -2.63. The van der Waals surface area contributed by atoms with E-state index in [1.54, 1.807) is 18.3 Å². The van der Waals surface area contributed by atoms with Crippen LogP contribution < -0.4 is 15.0 Å². The summed E-state index contributed by atoms with van der Waals surface area (Å²) in [6.45, 7) is 9.78. The Morgan fingerprint density at radius 3 is 2.43 bits per heavy atom. The minimum atomic E-state index is -0.365. The fraction of sp³-hybridized carbons (Fsp3) is 0.500. The predicted octanol–water partition coefficient (Wildman–Crippen LogP) is 4.03. The number of aromatic nitrogens is 2. The Morgan fingerprint density at radius 2 is 1.89 bits per heavy atom. The molecular weight excluding hydrogens is 466 g/mol. The standard InChI is InChI=1S/C26H30ClN5O3/c1-25(2)23(26(3,4)24(25)35-18-11-19(27)20(12-28)29-14-18)31-22(34)17-5-6-21(30-13-17)32-9-7-16(15-33)8-10-32/h5-6,11,13-16,23-24H,7-10H2,1-4H3,(H,31,34). The Kier molecular flexibility index (Phi) is 6.74. The molecule has 0 bridgehead atoms. The van der Waals surface area contributed by atoms with E-state index in [2.05, 4.69) is 47.9 Å². The Bertz CT molecular complexity index is 1130. The number of carbonyl (C=O) groups is 2. The molecule has 1 saturated heterocycles. The fourth-order valence-electron chi connectivity index (χ4n) is 5.69. The average Bonchev–Trinajstić information content (AvgIpc) is 2.85. The van der Waals surface area contributed by atoms with Crippen molar-refractivity contribution in [2.75, 3.05) is 18.0 Å². The number of hydrogen-bond donors (Lipinski definition) is 1. The van der Waals surface area contributed by atoms with E-state index < -0.39 is 0 Å². The van der Waals surface area contributed by atoms with E-state index in [0.717, 1.165) is 38.0 Å². The van der Waals surface area contributed by atoms with Gasteiger partial charge in [-0.3, -0.25) is 4.79 Å².